The Bertz CT molecular complexity index is 385. The summed E-state index contributed by atoms with van der Waals surface area (Å²) in [5, 5.41) is 3.72. The van der Waals surface area contributed by atoms with Crippen molar-refractivity contribution in [2.45, 2.75) is 19.9 Å². The Morgan fingerprint density at radius 3 is 2.63 bits per heavy atom. The molecule has 1 N–H and O–H groups in total. The molecule has 1 aromatic rings. The SMILES string of the molecule is CCCOCCOc1c(CNC)cc(Cl)cc1OC. The highest BCUT2D eigenvalue weighted by atomic mass is 35.5. The summed E-state index contributed by atoms with van der Waals surface area (Å²) in [6, 6.07) is 3.63. The van der Waals surface area contributed by atoms with Crippen molar-refractivity contribution >= 4 is 11.6 Å². The van der Waals surface area contributed by atoms with Crippen molar-refractivity contribution in [2.75, 3.05) is 34.0 Å². The highest BCUT2D eigenvalue weighted by Crippen LogP contribution is 2.34. The second kappa shape index (κ2) is 9.02. The molecule has 0 amide bonds. The van der Waals surface area contributed by atoms with Crippen LogP contribution in [0, 0.1) is 0 Å². The van der Waals surface area contributed by atoms with Gasteiger partial charge in [-0.2, -0.15) is 0 Å². The molecular weight excluding hydrogens is 266 g/mol. The van der Waals surface area contributed by atoms with Gasteiger partial charge in [0.1, 0.15) is 6.61 Å². The van der Waals surface area contributed by atoms with Crippen LogP contribution in [0.3, 0.4) is 0 Å². The molecule has 0 aromatic heterocycles. The van der Waals surface area contributed by atoms with E-state index in [1.54, 1.807) is 13.2 Å². The molecule has 0 aliphatic heterocycles. The van der Waals surface area contributed by atoms with Crippen LogP contribution in [0.4, 0.5) is 0 Å². The summed E-state index contributed by atoms with van der Waals surface area (Å²) in [4.78, 5) is 0. The van der Waals surface area contributed by atoms with E-state index in [2.05, 4.69) is 12.2 Å². The molecule has 4 nitrogen and oxygen atoms in total. The van der Waals surface area contributed by atoms with Gasteiger partial charge < -0.3 is 19.5 Å². The van der Waals surface area contributed by atoms with Crippen molar-refractivity contribution in [3.8, 4) is 11.5 Å². The third-order valence-electron chi connectivity index (χ3n) is 2.51. The summed E-state index contributed by atoms with van der Waals surface area (Å²) in [7, 11) is 3.48. The van der Waals surface area contributed by atoms with Crippen LogP contribution in [0.5, 0.6) is 11.5 Å². The lowest BCUT2D eigenvalue weighted by Crippen LogP contribution is -2.12. The van der Waals surface area contributed by atoms with Crippen LogP contribution >= 0.6 is 11.6 Å². The van der Waals surface area contributed by atoms with Crippen LogP contribution in [0.15, 0.2) is 12.1 Å². The molecule has 0 aliphatic rings. The highest BCUT2D eigenvalue weighted by molar-refractivity contribution is 6.30. The zero-order valence-corrected chi connectivity index (χ0v) is 12.5. The number of rotatable bonds is 9. The monoisotopic (exact) mass is 287 g/mol. The van der Waals surface area contributed by atoms with Crippen LogP contribution in [-0.4, -0.2) is 34.0 Å². The first kappa shape index (κ1) is 16.1. The number of methoxy groups -OCH3 is 1. The molecule has 108 valence electrons. The Hall–Kier alpha value is -0.970. The maximum Gasteiger partial charge on any atom is 0.165 e. The predicted molar refractivity (Wildman–Crippen MR) is 77.4 cm³/mol. The van der Waals surface area contributed by atoms with E-state index in [0.717, 1.165) is 24.3 Å². The third-order valence-corrected chi connectivity index (χ3v) is 2.72. The van der Waals surface area contributed by atoms with Gasteiger partial charge in [-0.1, -0.05) is 18.5 Å². The molecule has 19 heavy (non-hydrogen) atoms. The van der Waals surface area contributed by atoms with Crippen molar-refractivity contribution in [2.24, 2.45) is 0 Å². The first-order valence-electron chi connectivity index (χ1n) is 6.44. The standard InChI is InChI=1S/C14H22ClNO3/c1-4-5-18-6-7-19-14-11(10-16-2)8-12(15)9-13(14)17-3/h8-9,16H,4-7,10H2,1-3H3. The number of ether oxygens (including phenoxy) is 3. The van der Waals surface area contributed by atoms with Gasteiger partial charge in [-0.25, -0.2) is 0 Å². The maximum atomic E-state index is 6.05. The minimum Gasteiger partial charge on any atom is -0.493 e. The summed E-state index contributed by atoms with van der Waals surface area (Å²) >= 11 is 6.05. The molecule has 0 spiro atoms. The summed E-state index contributed by atoms with van der Waals surface area (Å²) in [5.74, 6) is 1.37. The van der Waals surface area contributed by atoms with E-state index < -0.39 is 0 Å². The minimum absolute atomic E-state index is 0.495. The van der Waals surface area contributed by atoms with Gasteiger partial charge in [-0.15, -0.1) is 0 Å². The third kappa shape index (κ3) is 5.27. The summed E-state index contributed by atoms with van der Waals surface area (Å²) < 4.78 is 16.5. The van der Waals surface area contributed by atoms with E-state index in [0.29, 0.717) is 30.5 Å². The molecule has 0 unspecified atom stereocenters. The maximum absolute atomic E-state index is 6.05. The van der Waals surface area contributed by atoms with Crippen LogP contribution in [0.2, 0.25) is 5.02 Å². The van der Waals surface area contributed by atoms with Gasteiger partial charge in [0.05, 0.1) is 13.7 Å². The Balaban J connectivity index is 2.72. The van der Waals surface area contributed by atoms with Gasteiger partial charge in [0.15, 0.2) is 11.5 Å². The highest BCUT2D eigenvalue weighted by Gasteiger charge is 2.12. The van der Waals surface area contributed by atoms with E-state index in [9.17, 15) is 0 Å². The second-order valence-electron chi connectivity index (χ2n) is 4.09. The fourth-order valence-corrected chi connectivity index (χ4v) is 1.94. The number of benzene rings is 1. The lowest BCUT2D eigenvalue weighted by Gasteiger charge is -2.15. The topological polar surface area (TPSA) is 39.7 Å². The largest absolute Gasteiger partial charge is 0.493 e. The normalized spacial score (nSPS) is 10.5. The first-order chi connectivity index (χ1) is 9.22. The summed E-state index contributed by atoms with van der Waals surface area (Å²) in [6.07, 6.45) is 1.01. The fraction of sp³-hybridized carbons (Fsp3) is 0.571. The molecule has 0 saturated carbocycles. The van der Waals surface area contributed by atoms with Gasteiger partial charge in [0, 0.05) is 29.8 Å². The molecule has 0 radical (unpaired) electrons. The van der Waals surface area contributed by atoms with Crippen molar-refractivity contribution in [1.82, 2.24) is 5.32 Å². The average Bonchev–Trinajstić information content (AvgIpc) is 2.40. The molecule has 0 fully saturated rings. The lowest BCUT2D eigenvalue weighted by molar-refractivity contribution is 0.0991. The number of halogens is 1. The van der Waals surface area contributed by atoms with Crippen LogP contribution in [0.1, 0.15) is 18.9 Å². The Labute approximate surface area is 120 Å². The van der Waals surface area contributed by atoms with Crippen LogP contribution in [0.25, 0.3) is 0 Å². The van der Waals surface area contributed by atoms with E-state index in [-0.39, 0.29) is 0 Å². The predicted octanol–water partition coefficient (Wildman–Crippen LogP) is 2.87. The lowest BCUT2D eigenvalue weighted by atomic mass is 10.2. The zero-order chi connectivity index (χ0) is 14.1. The number of hydrogen-bond donors (Lipinski definition) is 1. The molecule has 0 saturated heterocycles. The summed E-state index contributed by atoms with van der Waals surface area (Å²) in [6.45, 7) is 4.56. The van der Waals surface area contributed by atoms with E-state index in [1.807, 2.05) is 13.1 Å². The number of nitrogens with one attached hydrogen (secondary N) is 1. The van der Waals surface area contributed by atoms with Gasteiger partial charge in [0.2, 0.25) is 0 Å². The quantitative estimate of drug-likeness (QED) is 0.709. The van der Waals surface area contributed by atoms with Crippen molar-refractivity contribution in [1.29, 1.82) is 0 Å². The van der Waals surface area contributed by atoms with Gasteiger partial charge in [-0.3, -0.25) is 0 Å². The zero-order valence-electron chi connectivity index (χ0n) is 11.8. The fourth-order valence-electron chi connectivity index (χ4n) is 1.71. The molecular formula is C14H22ClNO3. The van der Waals surface area contributed by atoms with Crippen molar-refractivity contribution in [3.63, 3.8) is 0 Å². The Morgan fingerprint density at radius 2 is 2.00 bits per heavy atom. The molecule has 0 aliphatic carbocycles. The van der Waals surface area contributed by atoms with Gasteiger partial charge in [0.25, 0.3) is 0 Å². The van der Waals surface area contributed by atoms with Crippen LogP contribution < -0.4 is 14.8 Å². The Kier molecular flexibility index (Phi) is 7.63. The molecule has 5 heteroatoms. The molecule has 0 heterocycles. The molecule has 1 aromatic carbocycles. The minimum atomic E-state index is 0.495. The Morgan fingerprint density at radius 1 is 1.21 bits per heavy atom. The first-order valence-corrected chi connectivity index (χ1v) is 6.82. The van der Waals surface area contributed by atoms with Gasteiger partial charge in [-0.05, 0) is 19.5 Å². The second-order valence-corrected chi connectivity index (χ2v) is 4.52. The average molecular weight is 288 g/mol. The van der Waals surface area contributed by atoms with Crippen molar-refractivity contribution < 1.29 is 14.2 Å². The van der Waals surface area contributed by atoms with E-state index in [4.69, 9.17) is 25.8 Å². The van der Waals surface area contributed by atoms with Crippen LogP contribution in [-0.2, 0) is 11.3 Å². The molecule has 0 bridgehead atoms. The van der Waals surface area contributed by atoms with Crippen molar-refractivity contribution in [3.05, 3.63) is 22.7 Å². The summed E-state index contributed by atoms with van der Waals surface area (Å²) in [5.41, 5.74) is 0.974. The van der Waals surface area contributed by atoms with E-state index >= 15 is 0 Å². The molecule has 1 rings (SSSR count). The smallest absolute Gasteiger partial charge is 0.165 e. The number of hydrogen-bond acceptors (Lipinski definition) is 4. The van der Waals surface area contributed by atoms with E-state index in [1.165, 1.54) is 0 Å². The van der Waals surface area contributed by atoms with Gasteiger partial charge >= 0.3 is 0 Å². The molecule has 0 atom stereocenters.